The van der Waals surface area contributed by atoms with Crippen molar-refractivity contribution in [3.8, 4) is 0 Å². The maximum Gasteiger partial charge on any atom is 0.274 e. The summed E-state index contributed by atoms with van der Waals surface area (Å²) in [5, 5.41) is 8.57. The highest BCUT2D eigenvalue weighted by Gasteiger charge is 2.32. The quantitative estimate of drug-likeness (QED) is 0.837. The van der Waals surface area contributed by atoms with Crippen LogP contribution in [0.2, 0.25) is 0 Å². The Morgan fingerprint density at radius 3 is 2.64 bits per heavy atom. The molecule has 136 valence electrons. The molecule has 1 saturated carbocycles. The van der Waals surface area contributed by atoms with Crippen molar-refractivity contribution in [1.82, 2.24) is 20.0 Å². The predicted molar refractivity (Wildman–Crippen MR) is 98.8 cm³/mol. The third kappa shape index (κ3) is 3.39. The van der Waals surface area contributed by atoms with Crippen molar-refractivity contribution in [3.63, 3.8) is 0 Å². The lowest BCUT2D eigenvalue weighted by molar-refractivity contribution is 0.0785. The summed E-state index contributed by atoms with van der Waals surface area (Å²) in [6.45, 7) is 6.30. The summed E-state index contributed by atoms with van der Waals surface area (Å²) in [6.07, 6.45) is 12.5. The van der Waals surface area contributed by atoms with Gasteiger partial charge in [-0.1, -0.05) is 18.9 Å². The van der Waals surface area contributed by atoms with E-state index in [0.717, 1.165) is 45.2 Å². The molecule has 0 bridgehead atoms. The second-order valence-corrected chi connectivity index (χ2v) is 7.83. The van der Waals surface area contributed by atoms with Gasteiger partial charge in [-0.2, -0.15) is 5.10 Å². The number of hydrogen-bond acceptors (Lipinski definition) is 3. The van der Waals surface area contributed by atoms with E-state index in [0.29, 0.717) is 24.3 Å². The van der Waals surface area contributed by atoms with Crippen molar-refractivity contribution in [2.45, 2.75) is 76.4 Å². The van der Waals surface area contributed by atoms with E-state index in [1.54, 1.807) is 0 Å². The standard InChI is InChI=1S/C20H30N4O/c1-2-11-24-18-10-9-16(21-15-7-3-4-8-15)14-17(18)19(22-24)20(25)23-12-5-6-13-23/h2,15-16,21H,1,3-14H2. The molecule has 2 aliphatic carbocycles. The van der Waals surface area contributed by atoms with Crippen LogP contribution >= 0.6 is 0 Å². The molecule has 5 nitrogen and oxygen atoms in total. The number of allylic oxidation sites excluding steroid dienone is 1. The first kappa shape index (κ1) is 16.8. The van der Waals surface area contributed by atoms with Gasteiger partial charge in [0.1, 0.15) is 0 Å². The minimum Gasteiger partial charge on any atom is -0.337 e. The average molecular weight is 342 g/mol. The first-order chi connectivity index (χ1) is 12.3. The highest BCUT2D eigenvalue weighted by atomic mass is 16.2. The van der Waals surface area contributed by atoms with Gasteiger partial charge in [0.2, 0.25) is 0 Å². The van der Waals surface area contributed by atoms with Crippen LogP contribution in [0.4, 0.5) is 0 Å². The third-order valence-electron chi connectivity index (χ3n) is 6.07. The third-order valence-corrected chi connectivity index (χ3v) is 6.07. The van der Waals surface area contributed by atoms with Crippen molar-refractivity contribution >= 4 is 5.91 Å². The lowest BCUT2D eigenvalue weighted by Gasteiger charge is -2.27. The van der Waals surface area contributed by atoms with Crippen LogP contribution < -0.4 is 5.32 Å². The molecule has 1 aromatic heterocycles. The van der Waals surface area contributed by atoms with Crippen LogP contribution in [0.15, 0.2) is 12.7 Å². The number of aromatic nitrogens is 2. The molecule has 0 radical (unpaired) electrons. The van der Waals surface area contributed by atoms with Gasteiger partial charge in [0.25, 0.3) is 5.91 Å². The molecular formula is C20H30N4O. The number of carbonyl (C=O) groups excluding carboxylic acids is 1. The largest absolute Gasteiger partial charge is 0.337 e. The number of nitrogens with zero attached hydrogens (tertiary/aromatic N) is 3. The lowest BCUT2D eigenvalue weighted by atomic mass is 9.90. The molecule has 4 rings (SSSR count). The zero-order valence-corrected chi connectivity index (χ0v) is 15.2. The minimum atomic E-state index is 0.137. The van der Waals surface area contributed by atoms with Crippen molar-refractivity contribution in [3.05, 3.63) is 29.6 Å². The number of fused-ring (bicyclic) bond motifs is 1. The SMILES string of the molecule is C=CCn1nc(C(=O)N2CCCC2)c2c1CCC(NC1CCCC1)C2. The minimum absolute atomic E-state index is 0.137. The Kier molecular flexibility index (Phi) is 4.93. The maximum atomic E-state index is 13.0. The fraction of sp³-hybridized carbons (Fsp3) is 0.700. The monoisotopic (exact) mass is 342 g/mol. The molecule has 2 heterocycles. The average Bonchev–Trinajstić information content (AvgIpc) is 3.36. The molecule has 0 spiro atoms. The van der Waals surface area contributed by atoms with Gasteiger partial charge >= 0.3 is 0 Å². The van der Waals surface area contributed by atoms with Crippen LogP contribution in [0, 0.1) is 0 Å². The number of rotatable bonds is 5. The molecule has 1 saturated heterocycles. The molecule has 1 unspecified atom stereocenters. The Hall–Kier alpha value is -1.62. The van der Waals surface area contributed by atoms with E-state index >= 15 is 0 Å². The fourth-order valence-corrected chi connectivity index (χ4v) is 4.77. The van der Waals surface area contributed by atoms with Gasteiger partial charge < -0.3 is 10.2 Å². The second kappa shape index (κ2) is 7.32. The molecule has 1 atom stereocenters. The molecular weight excluding hydrogens is 312 g/mol. The van der Waals surface area contributed by atoms with Crippen LogP contribution in [0.3, 0.4) is 0 Å². The highest BCUT2D eigenvalue weighted by Crippen LogP contribution is 2.28. The van der Waals surface area contributed by atoms with E-state index in [-0.39, 0.29) is 5.91 Å². The highest BCUT2D eigenvalue weighted by molar-refractivity contribution is 5.94. The molecule has 1 N–H and O–H groups in total. The van der Waals surface area contributed by atoms with Gasteiger partial charge in [0.15, 0.2) is 5.69 Å². The molecule has 1 aliphatic heterocycles. The summed E-state index contributed by atoms with van der Waals surface area (Å²) in [7, 11) is 0. The van der Waals surface area contributed by atoms with Crippen LogP contribution in [0.1, 0.15) is 66.7 Å². The van der Waals surface area contributed by atoms with Gasteiger partial charge in [0.05, 0.1) is 6.54 Å². The van der Waals surface area contributed by atoms with E-state index in [4.69, 9.17) is 5.10 Å². The van der Waals surface area contributed by atoms with Crippen LogP contribution in [-0.4, -0.2) is 45.8 Å². The summed E-state index contributed by atoms with van der Waals surface area (Å²) in [5.74, 6) is 0.137. The Labute approximate surface area is 150 Å². The summed E-state index contributed by atoms with van der Waals surface area (Å²) in [5.41, 5.74) is 3.16. The normalized spacial score (nSPS) is 23.8. The van der Waals surface area contributed by atoms with Crippen molar-refractivity contribution in [1.29, 1.82) is 0 Å². The zero-order valence-electron chi connectivity index (χ0n) is 15.2. The predicted octanol–water partition coefficient (Wildman–Crippen LogP) is 2.69. The van der Waals surface area contributed by atoms with Gasteiger partial charge in [0, 0.05) is 36.4 Å². The van der Waals surface area contributed by atoms with E-state index in [1.165, 1.54) is 36.9 Å². The lowest BCUT2D eigenvalue weighted by Crippen LogP contribution is -2.41. The molecule has 3 aliphatic rings. The molecule has 1 aromatic rings. The topological polar surface area (TPSA) is 50.2 Å². The Balaban J connectivity index is 1.57. The Bertz CT molecular complexity index is 638. The van der Waals surface area contributed by atoms with Crippen molar-refractivity contribution < 1.29 is 4.79 Å². The fourth-order valence-electron chi connectivity index (χ4n) is 4.77. The van der Waals surface area contributed by atoms with Crippen LogP contribution in [-0.2, 0) is 19.4 Å². The van der Waals surface area contributed by atoms with Crippen LogP contribution in [0.5, 0.6) is 0 Å². The summed E-state index contributed by atoms with van der Waals surface area (Å²) in [6, 6.07) is 1.16. The number of nitrogens with one attached hydrogen (secondary N) is 1. The van der Waals surface area contributed by atoms with Gasteiger partial charge in [-0.25, -0.2) is 0 Å². The van der Waals surface area contributed by atoms with Gasteiger partial charge in [-0.3, -0.25) is 9.48 Å². The van der Waals surface area contributed by atoms with Crippen LogP contribution in [0.25, 0.3) is 0 Å². The van der Waals surface area contributed by atoms with Crippen molar-refractivity contribution in [2.75, 3.05) is 13.1 Å². The van der Waals surface area contributed by atoms with E-state index in [1.807, 2.05) is 15.7 Å². The van der Waals surface area contributed by atoms with Gasteiger partial charge in [-0.15, -0.1) is 6.58 Å². The first-order valence-electron chi connectivity index (χ1n) is 10.0. The maximum absolute atomic E-state index is 13.0. The molecule has 25 heavy (non-hydrogen) atoms. The number of hydrogen-bond donors (Lipinski definition) is 1. The number of carbonyl (C=O) groups is 1. The molecule has 0 aromatic carbocycles. The Morgan fingerprint density at radius 1 is 1.16 bits per heavy atom. The summed E-state index contributed by atoms with van der Waals surface area (Å²) < 4.78 is 2.01. The van der Waals surface area contributed by atoms with Crippen molar-refractivity contribution in [2.24, 2.45) is 0 Å². The number of amides is 1. The first-order valence-corrected chi connectivity index (χ1v) is 10.0. The van der Waals surface area contributed by atoms with E-state index < -0.39 is 0 Å². The molecule has 2 fully saturated rings. The zero-order chi connectivity index (χ0) is 17.2. The van der Waals surface area contributed by atoms with E-state index in [9.17, 15) is 4.79 Å². The molecule has 1 amide bonds. The van der Waals surface area contributed by atoms with E-state index in [2.05, 4.69) is 11.9 Å². The Morgan fingerprint density at radius 2 is 1.92 bits per heavy atom. The number of likely N-dealkylation sites (tertiary alicyclic amines) is 1. The summed E-state index contributed by atoms with van der Waals surface area (Å²) >= 11 is 0. The smallest absolute Gasteiger partial charge is 0.274 e. The molecule has 5 heteroatoms. The van der Waals surface area contributed by atoms with Gasteiger partial charge in [-0.05, 0) is 44.9 Å². The second-order valence-electron chi connectivity index (χ2n) is 7.83. The summed E-state index contributed by atoms with van der Waals surface area (Å²) in [4.78, 5) is 15.0.